The molecule has 2 rings (SSSR count). The number of nitrogens with zero attached hydrogens (tertiary/aromatic N) is 4. The number of aromatic nitrogens is 2. The van der Waals surface area contributed by atoms with Crippen molar-refractivity contribution >= 4 is 11.8 Å². The maximum Gasteiger partial charge on any atom is 0.390 e. The van der Waals surface area contributed by atoms with Crippen molar-refractivity contribution in [1.82, 2.24) is 14.7 Å². The van der Waals surface area contributed by atoms with Gasteiger partial charge in [-0.05, 0) is 17.5 Å². The predicted octanol–water partition coefficient (Wildman–Crippen LogP) is 1.71. The minimum absolute atomic E-state index is 0.0762. The molecule has 122 valence electrons. The minimum Gasteiger partial charge on any atom is -0.464 e. The lowest BCUT2D eigenvalue weighted by molar-refractivity contribution is -0.389. The third-order valence-electron chi connectivity index (χ3n) is 3.34. The van der Waals surface area contributed by atoms with Crippen LogP contribution in [-0.4, -0.2) is 46.3 Å². The van der Waals surface area contributed by atoms with E-state index in [0.29, 0.717) is 13.1 Å². The van der Waals surface area contributed by atoms with Gasteiger partial charge in [-0.15, -0.1) is 0 Å². The van der Waals surface area contributed by atoms with Crippen LogP contribution in [0.5, 0.6) is 0 Å². The summed E-state index contributed by atoms with van der Waals surface area (Å²) < 4.78 is 5.95. The average molecular weight is 318 g/mol. The molecule has 0 amide bonds. The molecular weight excluding hydrogens is 300 g/mol. The molecule has 0 saturated carbocycles. The Morgan fingerprint density at radius 1 is 1.39 bits per heavy atom. The molecule has 0 N–H and O–H groups in total. The minimum atomic E-state index is -0.642. The number of hydrogen-bond acceptors (Lipinski definition) is 6. The lowest BCUT2D eigenvalue weighted by Crippen LogP contribution is -2.25. The molecule has 8 nitrogen and oxygen atoms in total. The number of rotatable bonds is 7. The summed E-state index contributed by atoms with van der Waals surface area (Å²) in [5, 5.41) is 14.7. The molecule has 0 aliphatic rings. The molecule has 0 radical (unpaired) electrons. The van der Waals surface area contributed by atoms with Crippen LogP contribution in [-0.2, 0) is 17.8 Å². The van der Waals surface area contributed by atoms with Crippen LogP contribution < -0.4 is 0 Å². The average Bonchev–Trinajstić information content (AvgIpc) is 2.97. The van der Waals surface area contributed by atoms with Crippen molar-refractivity contribution < 1.29 is 14.5 Å². The Hall–Kier alpha value is -2.74. The number of nitro groups is 1. The van der Waals surface area contributed by atoms with Crippen molar-refractivity contribution in [2.75, 3.05) is 20.7 Å². The first-order chi connectivity index (χ1) is 11.0. The van der Waals surface area contributed by atoms with Crippen LogP contribution in [0.2, 0.25) is 0 Å². The standard InChI is InChI=1S/C15H18N4O4/c1-17(11-12-6-4-3-5-7-12)8-9-18-13(15(20)23-2)10-14(16-18)19(21)22/h3-7,10H,8-9,11H2,1-2H3. The number of benzene rings is 1. The fraction of sp³-hybridized carbons (Fsp3) is 0.333. The molecule has 0 aliphatic heterocycles. The molecule has 1 aromatic carbocycles. The van der Waals surface area contributed by atoms with Crippen molar-refractivity contribution in [3.8, 4) is 0 Å². The smallest absolute Gasteiger partial charge is 0.390 e. The first kappa shape index (κ1) is 16.6. The summed E-state index contributed by atoms with van der Waals surface area (Å²) in [5.41, 5.74) is 1.24. The first-order valence-electron chi connectivity index (χ1n) is 7.04. The quantitative estimate of drug-likeness (QED) is 0.438. The largest absolute Gasteiger partial charge is 0.464 e. The second-order valence-electron chi connectivity index (χ2n) is 5.08. The van der Waals surface area contributed by atoms with Gasteiger partial charge in [-0.2, -0.15) is 4.68 Å². The zero-order valence-electron chi connectivity index (χ0n) is 13.0. The van der Waals surface area contributed by atoms with Crippen molar-refractivity contribution in [2.24, 2.45) is 0 Å². The van der Waals surface area contributed by atoms with Gasteiger partial charge in [0.15, 0.2) is 5.69 Å². The number of carbonyl (C=O) groups is 1. The summed E-state index contributed by atoms with van der Waals surface area (Å²) in [7, 11) is 3.16. The molecular formula is C15H18N4O4. The van der Waals surface area contributed by atoms with Crippen molar-refractivity contribution in [3.05, 3.63) is 57.8 Å². The highest BCUT2D eigenvalue weighted by molar-refractivity contribution is 5.88. The van der Waals surface area contributed by atoms with Crippen LogP contribution in [0.3, 0.4) is 0 Å². The second-order valence-corrected chi connectivity index (χ2v) is 5.08. The fourth-order valence-corrected chi connectivity index (χ4v) is 2.17. The monoisotopic (exact) mass is 318 g/mol. The van der Waals surface area contributed by atoms with Crippen molar-refractivity contribution in [3.63, 3.8) is 0 Å². The number of methoxy groups -OCH3 is 1. The predicted molar refractivity (Wildman–Crippen MR) is 83.0 cm³/mol. The molecule has 8 heteroatoms. The van der Waals surface area contributed by atoms with Crippen molar-refractivity contribution in [1.29, 1.82) is 0 Å². The molecule has 23 heavy (non-hydrogen) atoms. The van der Waals surface area contributed by atoms with Gasteiger partial charge in [0.05, 0.1) is 24.8 Å². The number of carbonyl (C=O) groups excluding carboxylic acids is 1. The summed E-state index contributed by atoms with van der Waals surface area (Å²) in [6, 6.07) is 11.1. The van der Waals surface area contributed by atoms with Crippen LogP contribution in [0.1, 0.15) is 16.1 Å². The second kappa shape index (κ2) is 7.50. The van der Waals surface area contributed by atoms with E-state index in [0.717, 1.165) is 18.2 Å². The van der Waals surface area contributed by atoms with E-state index in [1.807, 2.05) is 42.3 Å². The zero-order chi connectivity index (χ0) is 16.8. The Bertz CT molecular complexity index is 684. The molecule has 0 unspecified atom stereocenters. The summed E-state index contributed by atoms with van der Waals surface area (Å²) in [4.78, 5) is 23.9. The maximum absolute atomic E-state index is 11.7. The van der Waals surface area contributed by atoms with E-state index in [9.17, 15) is 14.9 Å². The lowest BCUT2D eigenvalue weighted by atomic mass is 10.2. The molecule has 0 saturated heterocycles. The van der Waals surface area contributed by atoms with Crippen LogP contribution >= 0.6 is 0 Å². The van der Waals surface area contributed by atoms with Gasteiger partial charge in [0.1, 0.15) is 0 Å². The normalized spacial score (nSPS) is 10.7. The molecule has 0 fully saturated rings. The van der Waals surface area contributed by atoms with E-state index in [1.165, 1.54) is 11.8 Å². The molecule has 0 aliphatic carbocycles. The van der Waals surface area contributed by atoms with Gasteiger partial charge < -0.3 is 19.8 Å². The third kappa shape index (κ3) is 4.36. The SMILES string of the molecule is COC(=O)c1cc([N+](=O)[O-])nn1CCN(C)Cc1ccccc1. The Balaban J connectivity index is 2.04. The van der Waals surface area contributed by atoms with Gasteiger partial charge in [-0.3, -0.25) is 0 Å². The van der Waals surface area contributed by atoms with Crippen LogP contribution in [0, 0.1) is 10.1 Å². The summed E-state index contributed by atoms with van der Waals surface area (Å²) in [6.45, 7) is 1.66. The van der Waals surface area contributed by atoms with E-state index < -0.39 is 10.9 Å². The van der Waals surface area contributed by atoms with Crippen molar-refractivity contribution in [2.45, 2.75) is 13.1 Å². The highest BCUT2D eigenvalue weighted by Crippen LogP contribution is 2.13. The first-order valence-corrected chi connectivity index (χ1v) is 7.04. The van der Waals surface area contributed by atoms with Gasteiger partial charge in [0.25, 0.3) is 0 Å². The van der Waals surface area contributed by atoms with Crippen LogP contribution in [0.25, 0.3) is 0 Å². The van der Waals surface area contributed by atoms with Gasteiger partial charge in [-0.25, -0.2) is 4.79 Å². The van der Waals surface area contributed by atoms with Crippen LogP contribution in [0.15, 0.2) is 36.4 Å². The van der Waals surface area contributed by atoms with E-state index in [1.54, 1.807) is 0 Å². The molecule has 0 bridgehead atoms. The Kier molecular flexibility index (Phi) is 5.42. The lowest BCUT2D eigenvalue weighted by Gasteiger charge is -2.16. The van der Waals surface area contributed by atoms with Gasteiger partial charge >= 0.3 is 11.8 Å². The highest BCUT2D eigenvalue weighted by atomic mass is 16.6. The third-order valence-corrected chi connectivity index (χ3v) is 3.34. The molecule has 1 aromatic heterocycles. The molecule has 0 atom stereocenters. The van der Waals surface area contributed by atoms with Gasteiger partial charge in [0, 0.05) is 13.1 Å². The molecule has 2 aromatic rings. The Labute approximate surface area is 133 Å². The van der Waals surface area contributed by atoms with Gasteiger partial charge in [-0.1, -0.05) is 30.3 Å². The fourth-order valence-electron chi connectivity index (χ4n) is 2.17. The summed E-state index contributed by atoms with van der Waals surface area (Å²) >= 11 is 0. The maximum atomic E-state index is 11.7. The number of hydrogen-bond donors (Lipinski definition) is 0. The number of esters is 1. The Morgan fingerprint density at radius 3 is 2.70 bits per heavy atom. The molecule has 0 spiro atoms. The summed E-state index contributed by atoms with van der Waals surface area (Å²) in [6.07, 6.45) is 0. The van der Waals surface area contributed by atoms with E-state index in [-0.39, 0.29) is 11.5 Å². The molecule has 1 heterocycles. The topological polar surface area (TPSA) is 90.5 Å². The van der Waals surface area contributed by atoms with Gasteiger partial charge in [0.2, 0.25) is 0 Å². The number of likely N-dealkylation sites (N-methyl/N-ethyl adjacent to an activating group) is 1. The van der Waals surface area contributed by atoms with E-state index in [4.69, 9.17) is 0 Å². The van der Waals surface area contributed by atoms with Crippen LogP contribution in [0.4, 0.5) is 5.82 Å². The zero-order valence-corrected chi connectivity index (χ0v) is 13.0. The summed E-state index contributed by atoms with van der Waals surface area (Å²) in [5.74, 6) is -1.01. The number of ether oxygens (including phenoxy) is 1. The Morgan fingerprint density at radius 2 is 2.09 bits per heavy atom. The van der Waals surface area contributed by atoms with E-state index >= 15 is 0 Å². The van der Waals surface area contributed by atoms with E-state index in [2.05, 4.69) is 9.84 Å². The highest BCUT2D eigenvalue weighted by Gasteiger charge is 2.23.